The highest BCUT2D eigenvalue weighted by atomic mass is 16.5. The van der Waals surface area contributed by atoms with Crippen LogP contribution >= 0.6 is 0 Å². The summed E-state index contributed by atoms with van der Waals surface area (Å²) in [6, 6.07) is 17.6. The number of benzene rings is 2. The number of nitrogens with one attached hydrogen (secondary N) is 1. The third kappa shape index (κ3) is 2.88. The maximum absolute atomic E-state index is 9.52. The molecule has 1 unspecified atom stereocenters. The second kappa shape index (κ2) is 6.98. The van der Waals surface area contributed by atoms with E-state index in [1.54, 1.807) is 20.3 Å². The molecule has 1 aromatic heterocycles. The van der Waals surface area contributed by atoms with Gasteiger partial charge in [-0.15, -0.1) is 0 Å². The van der Waals surface area contributed by atoms with Crippen LogP contribution in [0.5, 0.6) is 11.5 Å². The second-order valence-corrected chi connectivity index (χ2v) is 5.62. The minimum atomic E-state index is -0.822. The summed E-state index contributed by atoms with van der Waals surface area (Å²) in [6.45, 7) is 0. The van der Waals surface area contributed by atoms with Crippen molar-refractivity contribution in [3.8, 4) is 23.6 Å². The second-order valence-electron chi connectivity index (χ2n) is 5.62. The maximum atomic E-state index is 9.52. The molecule has 25 heavy (non-hydrogen) atoms. The van der Waals surface area contributed by atoms with E-state index in [0.717, 1.165) is 22.0 Å². The van der Waals surface area contributed by atoms with Crippen LogP contribution in [0.25, 0.3) is 10.9 Å². The molecular weight excluding hydrogens is 314 g/mol. The zero-order valence-electron chi connectivity index (χ0n) is 14.0. The van der Waals surface area contributed by atoms with Crippen LogP contribution in [0, 0.1) is 28.6 Å². The number of fused-ring (bicyclic) bond motifs is 1. The molecule has 124 valence electrons. The Hall–Kier alpha value is -3.44. The summed E-state index contributed by atoms with van der Waals surface area (Å²) in [6.07, 6.45) is 1.87. The molecule has 0 aliphatic rings. The molecule has 2 aromatic carbocycles. The number of H-pyrrole nitrogens is 1. The van der Waals surface area contributed by atoms with Gasteiger partial charge in [-0.25, -0.2) is 0 Å². The summed E-state index contributed by atoms with van der Waals surface area (Å²) in [4.78, 5) is 3.22. The number of nitriles is 2. The third-order valence-electron chi connectivity index (χ3n) is 4.33. The minimum absolute atomic E-state index is 0.397. The molecule has 0 aliphatic carbocycles. The molecule has 5 heteroatoms. The Morgan fingerprint density at radius 2 is 1.68 bits per heavy atom. The lowest BCUT2D eigenvalue weighted by atomic mass is 9.82. The van der Waals surface area contributed by atoms with Crippen LogP contribution in [0.4, 0.5) is 0 Å². The molecule has 0 aliphatic heterocycles. The average Bonchev–Trinajstić information content (AvgIpc) is 3.09. The highest BCUT2D eigenvalue weighted by Crippen LogP contribution is 2.39. The van der Waals surface area contributed by atoms with Crippen LogP contribution in [-0.4, -0.2) is 19.2 Å². The van der Waals surface area contributed by atoms with Gasteiger partial charge in [-0.2, -0.15) is 10.5 Å². The van der Waals surface area contributed by atoms with Gasteiger partial charge in [0.05, 0.1) is 26.4 Å². The summed E-state index contributed by atoms with van der Waals surface area (Å²) < 4.78 is 10.7. The average molecular weight is 331 g/mol. The van der Waals surface area contributed by atoms with Gasteiger partial charge < -0.3 is 14.5 Å². The van der Waals surface area contributed by atoms with Crippen molar-refractivity contribution >= 4 is 10.9 Å². The monoisotopic (exact) mass is 331 g/mol. The van der Waals surface area contributed by atoms with E-state index >= 15 is 0 Å². The molecule has 0 saturated heterocycles. The number of nitrogens with zero attached hydrogens (tertiary/aromatic N) is 2. The van der Waals surface area contributed by atoms with Crippen molar-refractivity contribution < 1.29 is 9.47 Å². The number of methoxy groups -OCH3 is 2. The number of para-hydroxylation sites is 1. The molecule has 0 radical (unpaired) electrons. The first-order chi connectivity index (χ1) is 12.2. The molecule has 1 atom stereocenters. The fourth-order valence-electron chi connectivity index (χ4n) is 3.13. The highest BCUT2D eigenvalue weighted by Gasteiger charge is 2.28. The van der Waals surface area contributed by atoms with E-state index in [-0.39, 0.29) is 0 Å². The smallest absolute Gasteiger partial charge is 0.161 e. The van der Waals surface area contributed by atoms with Crippen molar-refractivity contribution in [1.82, 2.24) is 4.98 Å². The lowest BCUT2D eigenvalue weighted by Crippen LogP contribution is -2.11. The number of hydrogen-bond acceptors (Lipinski definition) is 4. The summed E-state index contributed by atoms with van der Waals surface area (Å²) in [5, 5.41) is 20.0. The summed E-state index contributed by atoms with van der Waals surface area (Å²) in [5.74, 6) is -0.0443. The number of rotatable bonds is 5. The van der Waals surface area contributed by atoms with Gasteiger partial charge in [-0.3, -0.25) is 0 Å². The van der Waals surface area contributed by atoms with Crippen molar-refractivity contribution in [1.29, 1.82) is 10.5 Å². The largest absolute Gasteiger partial charge is 0.493 e. The van der Waals surface area contributed by atoms with Gasteiger partial charge in [0.15, 0.2) is 11.5 Å². The normalized spacial score (nSPS) is 11.7. The molecule has 0 amide bonds. The molecule has 0 spiro atoms. The van der Waals surface area contributed by atoms with Crippen LogP contribution in [0.15, 0.2) is 48.7 Å². The number of ether oxygens (including phenoxy) is 2. The summed E-state index contributed by atoms with van der Waals surface area (Å²) >= 11 is 0. The fraction of sp³-hybridized carbons (Fsp3) is 0.200. The Morgan fingerprint density at radius 3 is 2.36 bits per heavy atom. The molecule has 1 heterocycles. The molecule has 0 fully saturated rings. The zero-order valence-corrected chi connectivity index (χ0v) is 14.0. The first-order valence-electron chi connectivity index (χ1n) is 7.80. The fourth-order valence-corrected chi connectivity index (χ4v) is 3.13. The molecule has 5 nitrogen and oxygen atoms in total. The highest BCUT2D eigenvalue weighted by molar-refractivity contribution is 5.84. The summed E-state index contributed by atoms with van der Waals surface area (Å²) in [7, 11) is 3.14. The molecule has 0 bridgehead atoms. The predicted octanol–water partition coefficient (Wildman–Crippen LogP) is 3.98. The Balaban J connectivity index is 2.20. The van der Waals surface area contributed by atoms with E-state index in [0.29, 0.717) is 11.5 Å². The van der Waals surface area contributed by atoms with Gasteiger partial charge in [0.1, 0.15) is 5.92 Å². The van der Waals surface area contributed by atoms with Gasteiger partial charge in [-0.1, -0.05) is 24.3 Å². The third-order valence-corrected chi connectivity index (χ3v) is 4.33. The quantitative estimate of drug-likeness (QED) is 0.766. The molecule has 0 saturated carbocycles. The van der Waals surface area contributed by atoms with Crippen LogP contribution in [0.1, 0.15) is 17.0 Å². The van der Waals surface area contributed by atoms with Gasteiger partial charge in [0, 0.05) is 23.0 Å². The lowest BCUT2D eigenvalue weighted by Gasteiger charge is -2.19. The van der Waals surface area contributed by atoms with Gasteiger partial charge in [0.25, 0.3) is 0 Å². The maximum Gasteiger partial charge on any atom is 0.161 e. The van der Waals surface area contributed by atoms with Crippen LogP contribution in [0.3, 0.4) is 0 Å². The minimum Gasteiger partial charge on any atom is -0.493 e. The topological polar surface area (TPSA) is 81.8 Å². The van der Waals surface area contributed by atoms with Crippen molar-refractivity contribution in [2.24, 2.45) is 5.92 Å². The molecular formula is C20H17N3O2. The van der Waals surface area contributed by atoms with Crippen LogP contribution in [-0.2, 0) is 0 Å². The Morgan fingerprint density at radius 1 is 0.960 bits per heavy atom. The van der Waals surface area contributed by atoms with Crippen molar-refractivity contribution in [2.45, 2.75) is 5.92 Å². The van der Waals surface area contributed by atoms with Crippen molar-refractivity contribution in [3.05, 3.63) is 59.8 Å². The lowest BCUT2D eigenvalue weighted by molar-refractivity contribution is 0.354. The summed E-state index contributed by atoms with van der Waals surface area (Å²) in [5.41, 5.74) is 2.71. The van der Waals surface area contributed by atoms with E-state index in [1.165, 1.54) is 0 Å². The Labute approximate surface area is 146 Å². The van der Waals surface area contributed by atoms with Gasteiger partial charge in [-0.05, 0) is 29.3 Å². The Kier molecular flexibility index (Phi) is 4.59. The van der Waals surface area contributed by atoms with Gasteiger partial charge >= 0.3 is 0 Å². The molecule has 3 rings (SSSR count). The van der Waals surface area contributed by atoms with E-state index in [1.807, 2.05) is 42.6 Å². The van der Waals surface area contributed by atoms with Crippen LogP contribution in [0.2, 0.25) is 0 Å². The Bertz CT molecular complexity index is 965. The predicted molar refractivity (Wildman–Crippen MR) is 94.4 cm³/mol. The van der Waals surface area contributed by atoms with E-state index in [2.05, 4.69) is 17.1 Å². The molecule has 1 N–H and O–H groups in total. The van der Waals surface area contributed by atoms with E-state index in [4.69, 9.17) is 9.47 Å². The van der Waals surface area contributed by atoms with Gasteiger partial charge in [0.2, 0.25) is 0 Å². The number of hydrogen-bond donors (Lipinski definition) is 1. The van der Waals surface area contributed by atoms with Crippen molar-refractivity contribution in [3.63, 3.8) is 0 Å². The number of aromatic amines is 1. The SMILES string of the molecule is COc1ccc(C(c2c[nH]c3ccccc23)C(C#N)C#N)cc1OC. The van der Waals surface area contributed by atoms with E-state index < -0.39 is 11.8 Å². The standard InChI is InChI=1S/C20H17N3O2/c1-24-18-8-7-13(9-19(18)25-2)20(14(10-21)11-22)16-12-23-17-6-4-3-5-15(16)17/h3-9,12,14,20,23H,1-2H3. The zero-order chi connectivity index (χ0) is 17.8. The van der Waals surface area contributed by atoms with Crippen molar-refractivity contribution in [2.75, 3.05) is 14.2 Å². The molecule has 3 aromatic rings. The first-order valence-corrected chi connectivity index (χ1v) is 7.80. The van der Waals surface area contributed by atoms with E-state index in [9.17, 15) is 10.5 Å². The first kappa shape index (κ1) is 16.4. The van der Waals surface area contributed by atoms with Crippen LogP contribution < -0.4 is 9.47 Å². The number of aromatic nitrogens is 1.